The van der Waals surface area contributed by atoms with Crippen LogP contribution in [0.4, 0.5) is 0 Å². The van der Waals surface area contributed by atoms with Gasteiger partial charge in [0.15, 0.2) is 11.5 Å². The highest BCUT2D eigenvalue weighted by atomic mass is 16.7. The molecule has 0 radical (unpaired) electrons. The first kappa shape index (κ1) is 29.8. The van der Waals surface area contributed by atoms with Gasteiger partial charge in [-0.05, 0) is 37.0 Å². The Morgan fingerprint density at radius 3 is 2.33 bits per heavy atom. The summed E-state index contributed by atoms with van der Waals surface area (Å²) in [6, 6.07) is 2.93. The van der Waals surface area contributed by atoms with Crippen molar-refractivity contribution in [3.8, 4) is 11.5 Å². The first-order valence-corrected chi connectivity index (χ1v) is 14.4. The number of hydrogen-bond acceptors (Lipinski definition) is 8. The van der Waals surface area contributed by atoms with Crippen molar-refractivity contribution in [2.75, 3.05) is 39.5 Å². The molecule has 0 spiro atoms. The lowest BCUT2D eigenvalue weighted by molar-refractivity contribution is -0.144. The number of benzene rings is 1. The van der Waals surface area contributed by atoms with Crippen LogP contribution in [0.2, 0.25) is 0 Å². The minimum absolute atomic E-state index is 0.0192. The number of nitrogens with zero attached hydrogens (tertiary/aromatic N) is 3. The van der Waals surface area contributed by atoms with Crippen molar-refractivity contribution in [3.63, 3.8) is 0 Å². The van der Waals surface area contributed by atoms with E-state index in [1.54, 1.807) is 12.1 Å². The molecule has 3 amide bonds. The number of carboxylic acids is 1. The molecule has 3 aliphatic rings. The molecule has 2 fully saturated rings. The number of aliphatic hydroxyl groups is 1. The predicted octanol–water partition coefficient (Wildman–Crippen LogP) is 2.34. The van der Waals surface area contributed by atoms with Gasteiger partial charge in [0.05, 0.1) is 19.1 Å². The number of likely N-dealkylation sites (tertiary alicyclic amines) is 2. The highest BCUT2D eigenvalue weighted by Crippen LogP contribution is 2.44. The lowest BCUT2D eigenvalue weighted by Gasteiger charge is -2.30. The van der Waals surface area contributed by atoms with Crippen LogP contribution >= 0.6 is 0 Å². The van der Waals surface area contributed by atoms with Crippen LogP contribution < -0.4 is 9.47 Å². The average molecular weight is 560 g/mol. The summed E-state index contributed by atoms with van der Waals surface area (Å²) in [5.41, 5.74) is 1.20. The average Bonchev–Trinajstić information content (AvgIpc) is 3.64. The van der Waals surface area contributed by atoms with Gasteiger partial charge in [0.25, 0.3) is 0 Å². The third-order valence-corrected chi connectivity index (χ3v) is 8.26. The van der Waals surface area contributed by atoms with Gasteiger partial charge in [-0.3, -0.25) is 29.0 Å². The van der Waals surface area contributed by atoms with E-state index in [4.69, 9.17) is 9.47 Å². The maximum absolute atomic E-state index is 13.5. The molecule has 3 heterocycles. The predicted molar refractivity (Wildman–Crippen MR) is 145 cm³/mol. The van der Waals surface area contributed by atoms with E-state index >= 15 is 0 Å². The van der Waals surface area contributed by atoms with Crippen LogP contribution in [0, 0.1) is 5.92 Å². The number of ether oxygens (including phenoxy) is 2. The molecule has 0 aromatic heterocycles. The van der Waals surface area contributed by atoms with Crippen LogP contribution in [0.15, 0.2) is 12.1 Å². The number of aliphatic hydroxyl groups excluding tert-OH is 1. The van der Waals surface area contributed by atoms with Gasteiger partial charge in [0.1, 0.15) is 0 Å². The minimum Gasteiger partial charge on any atom is -0.481 e. The van der Waals surface area contributed by atoms with Gasteiger partial charge >= 0.3 is 5.97 Å². The highest BCUT2D eigenvalue weighted by Gasteiger charge is 2.48. The maximum atomic E-state index is 13.5. The topological polar surface area (TPSA) is 137 Å². The summed E-state index contributed by atoms with van der Waals surface area (Å²) in [5, 5.41) is 20.4. The van der Waals surface area contributed by atoms with E-state index in [1.165, 1.54) is 4.90 Å². The number of amides is 3. The molecule has 0 aliphatic carbocycles. The third kappa shape index (κ3) is 6.41. The first-order chi connectivity index (χ1) is 19.3. The SMILES string of the molecule is CCCCN(CCCC)C(=O)CN1C[C@H](c2cc(CO)c3c(c2)OCO3)[C@@H](C(=O)O)[C@@H]1CCN1C(=O)CCC1=O. The van der Waals surface area contributed by atoms with Gasteiger partial charge in [-0.2, -0.15) is 0 Å². The fourth-order valence-electron chi connectivity index (χ4n) is 6.09. The molecule has 1 aromatic rings. The highest BCUT2D eigenvalue weighted by molar-refractivity contribution is 6.01. The quantitative estimate of drug-likeness (QED) is 0.329. The number of hydrogen-bond donors (Lipinski definition) is 2. The maximum Gasteiger partial charge on any atom is 0.308 e. The molecule has 1 aromatic carbocycles. The van der Waals surface area contributed by atoms with E-state index in [2.05, 4.69) is 13.8 Å². The third-order valence-electron chi connectivity index (χ3n) is 8.26. The van der Waals surface area contributed by atoms with Gasteiger partial charge < -0.3 is 24.6 Å². The number of carboxylic acid groups (broad SMARTS) is 1. The molecule has 0 saturated carbocycles. The van der Waals surface area contributed by atoms with Crippen molar-refractivity contribution in [1.82, 2.24) is 14.7 Å². The van der Waals surface area contributed by atoms with Crippen molar-refractivity contribution in [3.05, 3.63) is 23.3 Å². The molecule has 4 rings (SSSR count). The lowest BCUT2D eigenvalue weighted by atomic mass is 9.83. The molecule has 11 nitrogen and oxygen atoms in total. The van der Waals surface area contributed by atoms with Crippen LogP contribution in [0.5, 0.6) is 11.5 Å². The number of imide groups is 1. The van der Waals surface area contributed by atoms with Crippen LogP contribution in [0.1, 0.15) is 75.8 Å². The number of unbranched alkanes of at least 4 members (excludes halogenated alkanes) is 2. The van der Waals surface area contributed by atoms with E-state index in [-0.39, 0.29) is 63.5 Å². The molecular formula is C29H41N3O8. The van der Waals surface area contributed by atoms with Crippen LogP contribution in [0.3, 0.4) is 0 Å². The Balaban J connectivity index is 1.63. The summed E-state index contributed by atoms with van der Waals surface area (Å²) in [7, 11) is 0. The zero-order chi connectivity index (χ0) is 28.8. The second-order valence-corrected chi connectivity index (χ2v) is 10.9. The Kier molecular flexibility index (Phi) is 10.0. The van der Waals surface area contributed by atoms with Crippen molar-refractivity contribution in [2.45, 2.75) is 77.4 Å². The van der Waals surface area contributed by atoms with Crippen LogP contribution in [-0.4, -0.2) is 94.2 Å². The van der Waals surface area contributed by atoms with Gasteiger partial charge in [-0.15, -0.1) is 0 Å². The summed E-state index contributed by atoms with van der Waals surface area (Å²) >= 11 is 0. The normalized spacial score (nSPS) is 22.4. The smallest absolute Gasteiger partial charge is 0.308 e. The van der Waals surface area contributed by atoms with Crippen molar-refractivity contribution >= 4 is 23.7 Å². The Hall–Kier alpha value is -3.18. The summed E-state index contributed by atoms with van der Waals surface area (Å²) in [5.74, 6) is -2.05. The molecule has 40 heavy (non-hydrogen) atoms. The summed E-state index contributed by atoms with van der Waals surface area (Å²) in [6.07, 6.45) is 4.28. The molecule has 2 saturated heterocycles. The van der Waals surface area contributed by atoms with Gasteiger partial charge in [-0.25, -0.2) is 0 Å². The Morgan fingerprint density at radius 1 is 1.05 bits per heavy atom. The fourth-order valence-corrected chi connectivity index (χ4v) is 6.09. The van der Waals surface area contributed by atoms with Crippen molar-refractivity contribution in [1.29, 1.82) is 0 Å². The number of aliphatic carboxylic acids is 1. The van der Waals surface area contributed by atoms with Gasteiger partial charge in [0, 0.05) is 56.5 Å². The fraction of sp³-hybridized carbons (Fsp3) is 0.655. The molecule has 220 valence electrons. The molecule has 11 heteroatoms. The largest absolute Gasteiger partial charge is 0.481 e. The molecule has 2 N–H and O–H groups in total. The van der Waals surface area contributed by atoms with E-state index in [1.807, 2.05) is 9.80 Å². The Morgan fingerprint density at radius 2 is 1.73 bits per heavy atom. The monoisotopic (exact) mass is 559 g/mol. The van der Waals surface area contributed by atoms with Crippen LogP contribution in [0.25, 0.3) is 0 Å². The summed E-state index contributed by atoms with van der Waals surface area (Å²) in [4.78, 5) is 55.9. The first-order valence-electron chi connectivity index (χ1n) is 14.4. The van der Waals surface area contributed by atoms with Gasteiger partial charge in [0.2, 0.25) is 24.5 Å². The van der Waals surface area contributed by atoms with E-state index in [0.29, 0.717) is 42.3 Å². The lowest BCUT2D eigenvalue weighted by Crippen LogP contribution is -2.46. The van der Waals surface area contributed by atoms with Crippen LogP contribution in [-0.2, 0) is 25.8 Å². The van der Waals surface area contributed by atoms with E-state index in [0.717, 1.165) is 25.7 Å². The molecule has 0 unspecified atom stereocenters. The second-order valence-electron chi connectivity index (χ2n) is 10.9. The molecular weight excluding hydrogens is 518 g/mol. The zero-order valence-corrected chi connectivity index (χ0v) is 23.5. The standard InChI is InChI=1S/C29H41N3O8/c1-3-5-10-30(11-6-4-2)26(36)16-31-15-21(19-13-20(17-33)28-23(14-19)39-18-40-28)27(29(37)38)22(31)9-12-32-24(34)7-8-25(32)35/h13-14,21-22,27,33H,3-12,15-18H2,1-2H3,(H,37,38)/t21-,22+,27-/m1/s1. The minimum atomic E-state index is -1.01. The van der Waals surface area contributed by atoms with Crippen molar-refractivity contribution < 1.29 is 38.9 Å². The molecule has 3 aliphatic heterocycles. The Bertz CT molecular complexity index is 1080. The van der Waals surface area contributed by atoms with Crippen molar-refractivity contribution in [2.24, 2.45) is 5.92 Å². The number of rotatable bonds is 14. The summed E-state index contributed by atoms with van der Waals surface area (Å²) < 4.78 is 11.0. The number of carbonyl (C=O) groups excluding carboxylic acids is 3. The summed E-state index contributed by atoms with van der Waals surface area (Å²) in [6.45, 7) is 5.65. The Labute approximate surface area is 235 Å². The van der Waals surface area contributed by atoms with E-state index < -0.39 is 23.8 Å². The molecule has 3 atom stereocenters. The number of carbonyl (C=O) groups is 4. The number of fused-ring (bicyclic) bond motifs is 1. The zero-order valence-electron chi connectivity index (χ0n) is 23.5. The van der Waals surface area contributed by atoms with E-state index in [9.17, 15) is 29.4 Å². The molecule has 0 bridgehead atoms. The van der Waals surface area contributed by atoms with Gasteiger partial charge in [-0.1, -0.05) is 26.7 Å². The second kappa shape index (κ2) is 13.5.